The van der Waals surface area contributed by atoms with Crippen molar-refractivity contribution in [2.45, 2.75) is 13.0 Å². The summed E-state index contributed by atoms with van der Waals surface area (Å²) in [7, 11) is 0. The highest BCUT2D eigenvalue weighted by Crippen LogP contribution is 2.44. The number of benzene rings is 2. The van der Waals surface area contributed by atoms with Crippen LogP contribution in [0.25, 0.3) is 11.1 Å². The summed E-state index contributed by atoms with van der Waals surface area (Å²) in [6, 6.07) is 13.3. The van der Waals surface area contributed by atoms with Gasteiger partial charge in [-0.15, -0.1) is 0 Å². The Kier molecular flexibility index (Phi) is 3.16. The normalized spacial score (nSPS) is 15.4. The van der Waals surface area contributed by atoms with E-state index in [1.54, 1.807) is 13.0 Å². The van der Waals surface area contributed by atoms with Gasteiger partial charge in [0.2, 0.25) is 0 Å². The molecule has 1 aliphatic rings. The molecule has 1 amide bonds. The molecule has 1 atom stereocenters. The van der Waals surface area contributed by atoms with E-state index in [-0.39, 0.29) is 0 Å². The van der Waals surface area contributed by atoms with Crippen LogP contribution < -0.4 is 5.32 Å². The zero-order chi connectivity index (χ0) is 14.1. The van der Waals surface area contributed by atoms with Gasteiger partial charge in [-0.05, 0) is 41.3 Å². The Morgan fingerprint density at radius 2 is 1.95 bits per heavy atom. The van der Waals surface area contributed by atoms with E-state index < -0.39 is 12.2 Å². The first-order chi connectivity index (χ1) is 9.70. The zero-order valence-electron chi connectivity index (χ0n) is 11.1. The number of fused-ring (bicyclic) bond motifs is 3. The van der Waals surface area contributed by atoms with Gasteiger partial charge < -0.3 is 9.84 Å². The molecule has 2 aromatic rings. The summed E-state index contributed by atoms with van der Waals surface area (Å²) in [4.78, 5) is 11.4. The first-order valence-corrected chi connectivity index (χ1v) is 6.55. The molecule has 0 radical (unpaired) electrons. The third-order valence-corrected chi connectivity index (χ3v) is 3.41. The van der Waals surface area contributed by atoms with Gasteiger partial charge in [0.15, 0.2) is 0 Å². The molecular weight excluding hydrogens is 254 g/mol. The van der Waals surface area contributed by atoms with E-state index in [0.29, 0.717) is 12.3 Å². The van der Waals surface area contributed by atoms with Crippen LogP contribution in [0.5, 0.6) is 0 Å². The molecule has 0 aromatic heterocycles. The highest BCUT2D eigenvalue weighted by Gasteiger charge is 2.26. The van der Waals surface area contributed by atoms with Gasteiger partial charge >= 0.3 is 6.09 Å². The van der Waals surface area contributed by atoms with Crippen molar-refractivity contribution in [1.29, 1.82) is 0 Å². The van der Waals surface area contributed by atoms with Crippen molar-refractivity contribution in [3.8, 4) is 11.1 Å². The van der Waals surface area contributed by atoms with E-state index >= 15 is 0 Å². The van der Waals surface area contributed by atoms with Crippen molar-refractivity contribution < 1.29 is 14.6 Å². The van der Waals surface area contributed by atoms with Crippen LogP contribution >= 0.6 is 0 Å². The predicted octanol–water partition coefficient (Wildman–Crippen LogP) is 3.32. The lowest BCUT2D eigenvalue weighted by atomic mass is 10.1. The molecule has 4 heteroatoms. The minimum Gasteiger partial charge on any atom is -0.450 e. The van der Waals surface area contributed by atoms with Gasteiger partial charge in [0.25, 0.3) is 0 Å². The number of anilines is 1. The molecule has 0 saturated heterocycles. The monoisotopic (exact) mass is 269 g/mol. The van der Waals surface area contributed by atoms with E-state index in [4.69, 9.17) is 4.74 Å². The molecule has 0 bridgehead atoms. The van der Waals surface area contributed by atoms with E-state index in [0.717, 1.165) is 22.3 Å². The summed E-state index contributed by atoms with van der Waals surface area (Å²) in [5.41, 5.74) is 4.37. The fraction of sp³-hybridized carbons (Fsp3) is 0.188. The highest BCUT2D eigenvalue weighted by molar-refractivity contribution is 5.87. The van der Waals surface area contributed by atoms with Crippen LogP contribution in [0, 0.1) is 0 Å². The Labute approximate surface area is 117 Å². The standard InChI is InChI=1S/C16H15NO3/c1-2-20-16(19)17-10-7-8-12-11-5-3-4-6-13(11)15(18)14(12)9-10/h3-9,15,18H,2H2,1H3,(H,17,19). The molecule has 0 spiro atoms. The summed E-state index contributed by atoms with van der Waals surface area (Å²) >= 11 is 0. The fourth-order valence-electron chi connectivity index (χ4n) is 2.55. The van der Waals surface area contributed by atoms with E-state index in [9.17, 15) is 9.90 Å². The van der Waals surface area contributed by atoms with Crippen LogP contribution in [0.1, 0.15) is 24.2 Å². The zero-order valence-corrected chi connectivity index (χ0v) is 11.1. The quantitative estimate of drug-likeness (QED) is 0.879. The average Bonchev–Trinajstić information content (AvgIpc) is 2.73. The summed E-state index contributed by atoms with van der Waals surface area (Å²) < 4.78 is 4.84. The van der Waals surface area contributed by atoms with Gasteiger partial charge in [0.05, 0.1) is 6.61 Å². The molecule has 1 aliphatic carbocycles. The molecule has 4 nitrogen and oxygen atoms in total. The van der Waals surface area contributed by atoms with Crippen LogP contribution in [-0.2, 0) is 4.74 Å². The summed E-state index contributed by atoms with van der Waals surface area (Å²) in [5, 5.41) is 13.0. The van der Waals surface area contributed by atoms with Crippen molar-refractivity contribution in [2.75, 3.05) is 11.9 Å². The van der Waals surface area contributed by atoms with Crippen molar-refractivity contribution in [3.05, 3.63) is 53.6 Å². The van der Waals surface area contributed by atoms with Crippen molar-refractivity contribution >= 4 is 11.8 Å². The third-order valence-electron chi connectivity index (χ3n) is 3.41. The van der Waals surface area contributed by atoms with Gasteiger partial charge in [-0.25, -0.2) is 4.79 Å². The van der Waals surface area contributed by atoms with Crippen LogP contribution in [-0.4, -0.2) is 17.8 Å². The fourth-order valence-corrected chi connectivity index (χ4v) is 2.55. The molecule has 2 N–H and O–H groups in total. The second-order valence-corrected chi connectivity index (χ2v) is 4.64. The van der Waals surface area contributed by atoms with Gasteiger partial charge in [-0.1, -0.05) is 30.3 Å². The number of rotatable bonds is 2. The number of hydrogen-bond acceptors (Lipinski definition) is 3. The maximum Gasteiger partial charge on any atom is 0.411 e. The molecule has 2 aromatic carbocycles. The molecule has 20 heavy (non-hydrogen) atoms. The topological polar surface area (TPSA) is 58.6 Å². The van der Waals surface area contributed by atoms with Gasteiger partial charge in [-0.3, -0.25) is 5.32 Å². The van der Waals surface area contributed by atoms with Crippen LogP contribution in [0.3, 0.4) is 0 Å². The maximum absolute atomic E-state index is 11.4. The molecule has 0 fully saturated rings. The number of ether oxygens (including phenoxy) is 1. The number of aliphatic hydroxyl groups excluding tert-OH is 1. The first kappa shape index (κ1) is 12.7. The molecule has 0 saturated carbocycles. The lowest BCUT2D eigenvalue weighted by Crippen LogP contribution is -2.13. The van der Waals surface area contributed by atoms with Gasteiger partial charge in [0.1, 0.15) is 6.10 Å². The minimum absolute atomic E-state index is 0.324. The first-order valence-electron chi connectivity index (χ1n) is 6.55. The second-order valence-electron chi connectivity index (χ2n) is 4.64. The Morgan fingerprint density at radius 1 is 1.20 bits per heavy atom. The summed E-state index contributed by atoms with van der Waals surface area (Å²) in [6.45, 7) is 2.08. The number of carbonyl (C=O) groups excluding carboxylic acids is 1. The predicted molar refractivity (Wildman–Crippen MR) is 76.6 cm³/mol. The summed E-state index contributed by atoms with van der Waals surface area (Å²) in [5.74, 6) is 0. The Bertz CT molecular complexity index is 667. The minimum atomic E-state index is -0.648. The highest BCUT2D eigenvalue weighted by atomic mass is 16.5. The lowest BCUT2D eigenvalue weighted by molar-refractivity contribution is 0.168. The largest absolute Gasteiger partial charge is 0.450 e. The Morgan fingerprint density at radius 3 is 2.75 bits per heavy atom. The number of carbonyl (C=O) groups is 1. The van der Waals surface area contributed by atoms with Crippen LogP contribution in [0.15, 0.2) is 42.5 Å². The number of nitrogens with one attached hydrogen (secondary N) is 1. The molecular formula is C16H15NO3. The van der Waals surface area contributed by atoms with Crippen LogP contribution in [0.2, 0.25) is 0 Å². The van der Waals surface area contributed by atoms with Crippen molar-refractivity contribution in [2.24, 2.45) is 0 Å². The van der Waals surface area contributed by atoms with Crippen molar-refractivity contribution in [3.63, 3.8) is 0 Å². The van der Waals surface area contributed by atoms with Crippen LogP contribution in [0.4, 0.5) is 10.5 Å². The van der Waals surface area contributed by atoms with E-state index in [1.165, 1.54) is 0 Å². The Hall–Kier alpha value is -2.33. The molecule has 0 aliphatic heterocycles. The number of aliphatic hydroxyl groups is 1. The lowest BCUT2D eigenvalue weighted by Gasteiger charge is -2.09. The Balaban J connectivity index is 1.94. The molecule has 102 valence electrons. The average molecular weight is 269 g/mol. The van der Waals surface area contributed by atoms with Gasteiger partial charge in [0, 0.05) is 5.69 Å². The smallest absolute Gasteiger partial charge is 0.411 e. The third kappa shape index (κ3) is 2.04. The molecule has 0 heterocycles. The summed E-state index contributed by atoms with van der Waals surface area (Å²) in [6.07, 6.45) is -1.14. The van der Waals surface area contributed by atoms with E-state index in [1.807, 2.05) is 36.4 Å². The number of hydrogen-bond donors (Lipinski definition) is 2. The van der Waals surface area contributed by atoms with Gasteiger partial charge in [-0.2, -0.15) is 0 Å². The molecule has 1 unspecified atom stereocenters. The second kappa shape index (κ2) is 4.98. The number of amides is 1. The molecule has 3 rings (SSSR count). The SMILES string of the molecule is CCOC(=O)Nc1ccc2c(c1)C(O)c1ccccc1-2. The maximum atomic E-state index is 11.4. The van der Waals surface area contributed by atoms with Crippen molar-refractivity contribution in [1.82, 2.24) is 0 Å². The van der Waals surface area contributed by atoms with E-state index in [2.05, 4.69) is 5.32 Å².